The summed E-state index contributed by atoms with van der Waals surface area (Å²) >= 11 is 0. The minimum Gasteiger partial charge on any atom is -0.269 e. The minimum atomic E-state index is -0.231. The summed E-state index contributed by atoms with van der Waals surface area (Å²) in [5, 5.41) is 0. The third-order valence-electron chi connectivity index (χ3n) is 5.60. The van der Waals surface area contributed by atoms with Crippen LogP contribution in [0.5, 0.6) is 0 Å². The number of allylic oxidation sites excluding steroid dienone is 1. The molecular formula is C24H25NO2. The summed E-state index contributed by atoms with van der Waals surface area (Å²) in [5.41, 5.74) is 4.54. The predicted octanol–water partition coefficient (Wildman–Crippen LogP) is 5.24. The number of imide groups is 1. The number of rotatable bonds is 3. The van der Waals surface area contributed by atoms with Gasteiger partial charge in [-0.3, -0.25) is 9.59 Å². The number of aryl methyl sites for hydroxylation is 1. The fourth-order valence-electron chi connectivity index (χ4n) is 4.17. The smallest absolute Gasteiger partial charge is 0.265 e. The Balaban J connectivity index is 1.80. The number of carbonyl (C=O) groups is 2. The first kappa shape index (κ1) is 17.7. The van der Waals surface area contributed by atoms with Crippen molar-refractivity contribution in [2.45, 2.75) is 51.4 Å². The van der Waals surface area contributed by atoms with Crippen molar-refractivity contribution in [2.24, 2.45) is 0 Å². The lowest BCUT2D eigenvalue weighted by molar-refractivity contribution is -0.114. The van der Waals surface area contributed by atoms with E-state index in [1.807, 2.05) is 36.4 Å². The second-order valence-electron chi connectivity index (χ2n) is 7.41. The predicted molar refractivity (Wildman–Crippen MR) is 108 cm³/mol. The fourth-order valence-corrected chi connectivity index (χ4v) is 4.17. The average molecular weight is 359 g/mol. The third-order valence-corrected chi connectivity index (χ3v) is 5.60. The molecule has 138 valence electrons. The second-order valence-corrected chi connectivity index (χ2v) is 7.41. The average Bonchev–Trinajstić information content (AvgIpc) is 2.75. The molecule has 0 unspecified atom stereocenters. The molecule has 0 heterocycles. The zero-order valence-electron chi connectivity index (χ0n) is 15.6. The summed E-state index contributed by atoms with van der Waals surface area (Å²) in [7, 11) is 0. The summed E-state index contributed by atoms with van der Waals surface area (Å²) in [6.45, 7) is 0. The Hall–Kier alpha value is -2.68. The van der Waals surface area contributed by atoms with E-state index >= 15 is 0 Å². The first-order valence-electron chi connectivity index (χ1n) is 9.99. The van der Waals surface area contributed by atoms with Crippen molar-refractivity contribution in [3.63, 3.8) is 0 Å². The van der Waals surface area contributed by atoms with Gasteiger partial charge in [-0.25, -0.2) is 4.90 Å². The molecular weight excluding hydrogens is 334 g/mol. The van der Waals surface area contributed by atoms with Gasteiger partial charge < -0.3 is 0 Å². The van der Waals surface area contributed by atoms with Crippen LogP contribution in [0.2, 0.25) is 0 Å². The van der Waals surface area contributed by atoms with Gasteiger partial charge in [-0.15, -0.1) is 0 Å². The number of hydrogen-bond acceptors (Lipinski definition) is 2. The number of benzene rings is 2. The van der Waals surface area contributed by atoms with Crippen LogP contribution < -0.4 is 4.90 Å². The van der Waals surface area contributed by atoms with Gasteiger partial charge in [0.15, 0.2) is 0 Å². The minimum absolute atomic E-state index is 0.150. The van der Waals surface area contributed by atoms with Crippen LogP contribution in [0, 0.1) is 0 Å². The van der Waals surface area contributed by atoms with Gasteiger partial charge in [0.05, 0.1) is 5.69 Å². The molecule has 2 aromatic rings. The highest BCUT2D eigenvalue weighted by Gasteiger charge is 2.30. The number of hydrogen-bond donors (Lipinski definition) is 0. The van der Waals surface area contributed by atoms with Crippen molar-refractivity contribution in [3.05, 3.63) is 76.9 Å². The molecule has 3 heteroatoms. The lowest BCUT2D eigenvalue weighted by Gasteiger charge is -2.28. The Bertz CT molecular complexity index is 883. The van der Waals surface area contributed by atoms with E-state index in [0.29, 0.717) is 5.56 Å². The summed E-state index contributed by atoms with van der Waals surface area (Å²) in [6.07, 6.45) is 10.0. The Morgan fingerprint density at radius 1 is 0.741 bits per heavy atom. The monoisotopic (exact) mass is 359 g/mol. The molecule has 0 spiro atoms. The van der Waals surface area contributed by atoms with Gasteiger partial charge in [-0.2, -0.15) is 0 Å². The molecule has 2 aliphatic rings. The quantitative estimate of drug-likeness (QED) is 0.703. The molecule has 0 bridgehead atoms. The van der Waals surface area contributed by atoms with Crippen LogP contribution in [0.4, 0.5) is 5.69 Å². The number of anilines is 1. The third kappa shape index (κ3) is 3.59. The number of fused-ring (bicyclic) bond motifs is 1. The molecule has 0 saturated heterocycles. The van der Waals surface area contributed by atoms with E-state index in [1.165, 1.54) is 16.9 Å². The first-order valence-corrected chi connectivity index (χ1v) is 9.99. The van der Waals surface area contributed by atoms with Crippen LogP contribution in [-0.2, 0) is 17.6 Å². The highest BCUT2D eigenvalue weighted by molar-refractivity contribution is 6.25. The fraction of sp³-hybridized carbons (Fsp3) is 0.333. The van der Waals surface area contributed by atoms with E-state index in [4.69, 9.17) is 0 Å². The van der Waals surface area contributed by atoms with Crippen molar-refractivity contribution in [3.8, 4) is 0 Å². The molecule has 2 aromatic carbocycles. The van der Waals surface area contributed by atoms with E-state index in [2.05, 4.69) is 6.07 Å². The zero-order chi connectivity index (χ0) is 18.6. The molecule has 0 aromatic heterocycles. The first-order chi connectivity index (χ1) is 13.3. The van der Waals surface area contributed by atoms with Crippen LogP contribution in [0.25, 0.3) is 0 Å². The molecule has 2 aliphatic carbocycles. The van der Waals surface area contributed by atoms with Crippen molar-refractivity contribution in [2.75, 3.05) is 4.90 Å². The molecule has 3 nitrogen and oxygen atoms in total. The number of carbonyl (C=O) groups excluding carboxylic acids is 2. The largest absolute Gasteiger partial charge is 0.269 e. The molecule has 2 amide bonds. The molecule has 27 heavy (non-hydrogen) atoms. The maximum atomic E-state index is 13.4. The Morgan fingerprint density at radius 3 is 2.30 bits per heavy atom. The maximum absolute atomic E-state index is 13.4. The van der Waals surface area contributed by atoms with E-state index < -0.39 is 0 Å². The zero-order valence-corrected chi connectivity index (χ0v) is 15.6. The van der Waals surface area contributed by atoms with Crippen molar-refractivity contribution >= 4 is 17.5 Å². The molecule has 0 N–H and O–H groups in total. The summed E-state index contributed by atoms with van der Waals surface area (Å²) in [4.78, 5) is 28.3. The number of nitrogens with zero attached hydrogens (tertiary/aromatic N) is 1. The lowest BCUT2D eigenvalue weighted by Crippen LogP contribution is -2.39. The van der Waals surface area contributed by atoms with Crippen LogP contribution in [0.15, 0.2) is 60.2 Å². The number of amides is 2. The van der Waals surface area contributed by atoms with Gasteiger partial charge in [-0.1, -0.05) is 36.4 Å². The standard InChI is InChI=1S/C24H25NO2/c26-23(19-11-3-1-4-12-19)25(24(27)20-13-5-2-6-14-20)22-17-9-15-18-10-7-8-16-21(18)22/h1,3-4,9,11-13,15,17H,2,5-8,10,14,16H2. The summed E-state index contributed by atoms with van der Waals surface area (Å²) < 4.78 is 0. The highest BCUT2D eigenvalue weighted by Crippen LogP contribution is 2.33. The van der Waals surface area contributed by atoms with E-state index in [9.17, 15) is 9.59 Å². The maximum Gasteiger partial charge on any atom is 0.265 e. The molecule has 0 fully saturated rings. The highest BCUT2D eigenvalue weighted by atomic mass is 16.2. The van der Waals surface area contributed by atoms with Crippen LogP contribution in [0.3, 0.4) is 0 Å². The Morgan fingerprint density at radius 2 is 1.52 bits per heavy atom. The van der Waals surface area contributed by atoms with Crippen LogP contribution >= 0.6 is 0 Å². The lowest BCUT2D eigenvalue weighted by atomic mass is 9.89. The molecule has 0 radical (unpaired) electrons. The molecule has 4 rings (SSSR count). The Labute approximate surface area is 160 Å². The van der Waals surface area contributed by atoms with Gasteiger partial charge in [0, 0.05) is 11.1 Å². The van der Waals surface area contributed by atoms with E-state index in [0.717, 1.165) is 61.8 Å². The molecule has 0 atom stereocenters. The van der Waals surface area contributed by atoms with Gasteiger partial charge in [0.1, 0.15) is 0 Å². The molecule has 0 aliphatic heterocycles. The van der Waals surface area contributed by atoms with Crippen LogP contribution in [-0.4, -0.2) is 11.8 Å². The van der Waals surface area contributed by atoms with E-state index in [1.54, 1.807) is 12.1 Å². The van der Waals surface area contributed by atoms with Gasteiger partial charge >= 0.3 is 0 Å². The van der Waals surface area contributed by atoms with Gasteiger partial charge in [0.2, 0.25) is 0 Å². The normalized spacial score (nSPS) is 16.2. The second kappa shape index (κ2) is 7.91. The molecule has 0 saturated carbocycles. The summed E-state index contributed by atoms with van der Waals surface area (Å²) in [6, 6.07) is 15.2. The van der Waals surface area contributed by atoms with Gasteiger partial charge in [-0.05, 0) is 80.7 Å². The van der Waals surface area contributed by atoms with Crippen molar-refractivity contribution in [1.82, 2.24) is 0 Å². The van der Waals surface area contributed by atoms with E-state index in [-0.39, 0.29) is 11.8 Å². The SMILES string of the molecule is O=C(C1=CCCCC1)N(C(=O)c1ccccc1)c1cccc2c1CCCC2. The van der Waals surface area contributed by atoms with Crippen molar-refractivity contribution in [1.29, 1.82) is 0 Å². The van der Waals surface area contributed by atoms with Crippen molar-refractivity contribution < 1.29 is 9.59 Å². The summed E-state index contributed by atoms with van der Waals surface area (Å²) in [5.74, 6) is -0.381. The van der Waals surface area contributed by atoms with Gasteiger partial charge in [0.25, 0.3) is 11.8 Å². The topological polar surface area (TPSA) is 37.4 Å². The van der Waals surface area contributed by atoms with Crippen LogP contribution in [0.1, 0.15) is 60.0 Å². The Kier molecular flexibility index (Phi) is 5.19.